The van der Waals surface area contributed by atoms with Gasteiger partial charge in [0.15, 0.2) is 0 Å². The molecule has 1 fully saturated rings. The predicted octanol–water partition coefficient (Wildman–Crippen LogP) is 3.40. The molecule has 0 bridgehead atoms. The first-order chi connectivity index (χ1) is 11.4. The van der Waals surface area contributed by atoms with Gasteiger partial charge in [-0.3, -0.25) is 8.86 Å². The topological polar surface area (TPSA) is 61.2 Å². The van der Waals surface area contributed by atoms with Gasteiger partial charge in [-0.15, -0.1) is 11.8 Å². The Morgan fingerprint density at radius 3 is 2.54 bits per heavy atom. The lowest BCUT2D eigenvalue weighted by molar-refractivity contribution is 0.0862. The molecular formula is C17H22N2O3S2. The first kappa shape index (κ1) is 17.5. The highest BCUT2D eigenvalue weighted by molar-refractivity contribution is 7.99. The van der Waals surface area contributed by atoms with Crippen molar-refractivity contribution < 1.29 is 12.6 Å². The molecule has 0 aliphatic heterocycles. The molecule has 1 aliphatic rings. The van der Waals surface area contributed by atoms with Gasteiger partial charge in [0, 0.05) is 29.3 Å². The van der Waals surface area contributed by atoms with Crippen LogP contribution in [0, 0.1) is 12.3 Å². The smallest absolute Gasteiger partial charge is 0.275 e. The van der Waals surface area contributed by atoms with Crippen LogP contribution in [0.5, 0.6) is 0 Å². The summed E-state index contributed by atoms with van der Waals surface area (Å²) in [5.74, 6) is 0.849. The van der Waals surface area contributed by atoms with E-state index in [1.807, 2.05) is 26.4 Å². The van der Waals surface area contributed by atoms with Crippen LogP contribution < -0.4 is 0 Å². The van der Waals surface area contributed by atoms with Crippen molar-refractivity contribution in [3.63, 3.8) is 0 Å². The van der Waals surface area contributed by atoms with Crippen molar-refractivity contribution in [2.24, 2.45) is 12.5 Å². The van der Waals surface area contributed by atoms with Gasteiger partial charge >= 0.3 is 0 Å². The van der Waals surface area contributed by atoms with E-state index >= 15 is 0 Å². The van der Waals surface area contributed by atoms with E-state index in [2.05, 4.69) is 5.10 Å². The molecule has 0 spiro atoms. The van der Waals surface area contributed by atoms with Crippen LogP contribution in [-0.2, 0) is 21.3 Å². The van der Waals surface area contributed by atoms with Gasteiger partial charge in [0.2, 0.25) is 0 Å². The zero-order valence-electron chi connectivity index (χ0n) is 13.9. The highest BCUT2D eigenvalue weighted by atomic mass is 32.2. The molecule has 1 aliphatic carbocycles. The summed E-state index contributed by atoms with van der Waals surface area (Å²) < 4.78 is 31.9. The zero-order chi connectivity index (χ0) is 17.2. The van der Waals surface area contributed by atoms with Crippen LogP contribution in [0.3, 0.4) is 0 Å². The Morgan fingerprint density at radius 2 is 2.00 bits per heavy atom. The Morgan fingerprint density at radius 1 is 1.29 bits per heavy atom. The van der Waals surface area contributed by atoms with E-state index in [-0.39, 0.29) is 16.9 Å². The molecule has 1 aromatic heterocycles. The molecule has 0 N–H and O–H groups in total. The number of thioether (sulfide) groups is 1. The van der Waals surface area contributed by atoms with Gasteiger partial charge in [0.05, 0.1) is 17.7 Å². The first-order valence-electron chi connectivity index (χ1n) is 7.96. The van der Waals surface area contributed by atoms with Crippen molar-refractivity contribution >= 4 is 21.9 Å². The van der Waals surface area contributed by atoms with Gasteiger partial charge in [0.25, 0.3) is 10.1 Å². The average Bonchev–Trinajstić information content (AvgIpc) is 2.92. The third-order valence-electron chi connectivity index (χ3n) is 4.47. The quantitative estimate of drug-likeness (QED) is 0.555. The summed E-state index contributed by atoms with van der Waals surface area (Å²) in [6.45, 7) is 2.17. The number of aryl methyl sites for hydroxylation is 2. The second kappa shape index (κ2) is 6.90. The highest BCUT2D eigenvalue weighted by Crippen LogP contribution is 2.45. The fourth-order valence-electron chi connectivity index (χ4n) is 2.69. The lowest BCUT2D eigenvalue weighted by atomic mass is 9.71. The van der Waals surface area contributed by atoms with Crippen LogP contribution >= 0.6 is 11.8 Å². The minimum absolute atomic E-state index is 0.0573. The van der Waals surface area contributed by atoms with E-state index in [1.165, 1.54) is 0 Å². The van der Waals surface area contributed by atoms with E-state index in [1.54, 1.807) is 40.7 Å². The van der Waals surface area contributed by atoms with E-state index in [4.69, 9.17) is 4.18 Å². The molecule has 130 valence electrons. The summed E-state index contributed by atoms with van der Waals surface area (Å²) in [6, 6.07) is 6.77. The molecule has 0 radical (unpaired) electrons. The summed E-state index contributed by atoms with van der Waals surface area (Å²) >= 11 is 1.71. The summed E-state index contributed by atoms with van der Waals surface area (Å²) in [5, 5.41) is 4.16. The SMILES string of the molecule is Cc1ccc(S(=O)(=O)OCC2(CSc3cnn(C)c3)CCC2)cc1. The molecule has 1 saturated carbocycles. The van der Waals surface area contributed by atoms with Crippen molar-refractivity contribution in [2.45, 2.75) is 36.0 Å². The maximum absolute atomic E-state index is 12.4. The fraction of sp³-hybridized carbons (Fsp3) is 0.471. The second-order valence-electron chi connectivity index (χ2n) is 6.52. The van der Waals surface area contributed by atoms with E-state index in [9.17, 15) is 8.42 Å². The monoisotopic (exact) mass is 366 g/mol. The van der Waals surface area contributed by atoms with E-state index in [0.29, 0.717) is 0 Å². The standard InChI is InChI=1S/C17H22N2O3S2/c1-14-4-6-16(7-5-14)24(20,21)22-12-17(8-3-9-17)13-23-15-10-18-19(2)11-15/h4-7,10-11H,3,8-9,12-13H2,1-2H3. The van der Waals surface area contributed by atoms with Gasteiger partial charge in [-0.05, 0) is 31.9 Å². The van der Waals surface area contributed by atoms with E-state index in [0.717, 1.165) is 35.5 Å². The molecule has 0 atom stereocenters. The number of hydrogen-bond donors (Lipinski definition) is 0. The third kappa shape index (κ3) is 4.02. The van der Waals surface area contributed by atoms with Crippen molar-refractivity contribution in [2.75, 3.05) is 12.4 Å². The predicted molar refractivity (Wildman–Crippen MR) is 94.5 cm³/mol. The highest BCUT2D eigenvalue weighted by Gasteiger charge is 2.39. The molecule has 0 saturated heterocycles. The van der Waals surface area contributed by atoms with Gasteiger partial charge in [-0.25, -0.2) is 0 Å². The summed E-state index contributed by atoms with van der Waals surface area (Å²) in [4.78, 5) is 1.33. The summed E-state index contributed by atoms with van der Waals surface area (Å²) in [6.07, 6.45) is 6.94. The molecule has 0 unspecified atom stereocenters. The zero-order valence-corrected chi connectivity index (χ0v) is 15.6. The Bertz CT molecular complexity index is 793. The van der Waals surface area contributed by atoms with Gasteiger partial charge < -0.3 is 0 Å². The first-order valence-corrected chi connectivity index (χ1v) is 10.4. The summed E-state index contributed by atoms with van der Waals surface area (Å²) in [7, 11) is -1.80. The molecule has 3 rings (SSSR count). The molecule has 7 heteroatoms. The Balaban J connectivity index is 1.61. The summed E-state index contributed by atoms with van der Waals surface area (Å²) in [5.41, 5.74) is 0.968. The van der Waals surface area contributed by atoms with Crippen LogP contribution in [0.15, 0.2) is 46.5 Å². The van der Waals surface area contributed by atoms with Crippen molar-refractivity contribution in [1.82, 2.24) is 9.78 Å². The molecule has 0 amide bonds. The Kier molecular flexibility index (Phi) is 5.03. The Labute approximate surface area is 147 Å². The third-order valence-corrected chi connectivity index (χ3v) is 7.05. The largest absolute Gasteiger partial charge is 0.296 e. The molecular weight excluding hydrogens is 344 g/mol. The van der Waals surface area contributed by atoms with Gasteiger partial charge in [0.1, 0.15) is 0 Å². The number of rotatable bonds is 7. The van der Waals surface area contributed by atoms with Gasteiger partial charge in [-0.1, -0.05) is 24.1 Å². The lowest BCUT2D eigenvalue weighted by Gasteiger charge is -2.40. The van der Waals surface area contributed by atoms with Crippen LogP contribution in [0.1, 0.15) is 24.8 Å². The van der Waals surface area contributed by atoms with Crippen LogP contribution in [0.4, 0.5) is 0 Å². The van der Waals surface area contributed by atoms with Crippen LogP contribution in [0.25, 0.3) is 0 Å². The number of benzene rings is 1. The molecule has 5 nitrogen and oxygen atoms in total. The normalized spacial score (nSPS) is 16.8. The fourth-order valence-corrected chi connectivity index (χ4v) is 4.90. The molecule has 1 heterocycles. The van der Waals surface area contributed by atoms with Crippen molar-refractivity contribution in [3.05, 3.63) is 42.2 Å². The average molecular weight is 367 g/mol. The number of nitrogens with zero attached hydrogens (tertiary/aromatic N) is 2. The van der Waals surface area contributed by atoms with Gasteiger partial charge in [-0.2, -0.15) is 13.5 Å². The Hall–Kier alpha value is -1.31. The van der Waals surface area contributed by atoms with Crippen LogP contribution in [-0.4, -0.2) is 30.6 Å². The minimum Gasteiger partial charge on any atom is -0.275 e. The van der Waals surface area contributed by atoms with E-state index < -0.39 is 10.1 Å². The number of aromatic nitrogens is 2. The molecule has 1 aromatic carbocycles. The van der Waals surface area contributed by atoms with Crippen LogP contribution in [0.2, 0.25) is 0 Å². The lowest BCUT2D eigenvalue weighted by Crippen LogP contribution is -2.37. The minimum atomic E-state index is -3.69. The second-order valence-corrected chi connectivity index (χ2v) is 9.19. The van der Waals surface area contributed by atoms with Crippen molar-refractivity contribution in [3.8, 4) is 0 Å². The molecule has 24 heavy (non-hydrogen) atoms. The maximum Gasteiger partial charge on any atom is 0.296 e. The molecule has 2 aromatic rings. The maximum atomic E-state index is 12.4. The number of hydrogen-bond acceptors (Lipinski definition) is 5. The van der Waals surface area contributed by atoms with Crippen molar-refractivity contribution in [1.29, 1.82) is 0 Å².